The molecule has 0 bridgehead atoms. The fraction of sp³-hybridized carbons (Fsp3) is 0.833. The Morgan fingerprint density at radius 2 is 1.85 bits per heavy atom. The third kappa shape index (κ3) is 4.33. The predicted octanol–water partition coefficient (Wildman–Crippen LogP) is 3.24. The van der Waals surface area contributed by atoms with E-state index in [1.807, 2.05) is 0 Å². The summed E-state index contributed by atoms with van der Waals surface area (Å²) in [6.45, 7) is 8.68. The van der Waals surface area contributed by atoms with E-state index in [9.17, 15) is 0 Å². The Hall–Kier alpha value is -0.480. The van der Waals surface area contributed by atoms with Gasteiger partial charge in [-0.05, 0) is 25.2 Å². The minimum absolute atomic E-state index is 0.0274. The first-order valence-electron chi connectivity index (χ1n) is 4.88. The summed E-state index contributed by atoms with van der Waals surface area (Å²) in [5.74, 6) is 2.72. The monoisotopic (exact) mass is 182 g/mol. The van der Waals surface area contributed by atoms with Gasteiger partial charge in [-0.1, -0.05) is 20.8 Å². The smallest absolute Gasteiger partial charge is 0.0653 e. The van der Waals surface area contributed by atoms with Gasteiger partial charge < -0.3 is 4.74 Å². The molecule has 0 spiro atoms. The molecule has 76 valence electrons. The van der Waals surface area contributed by atoms with Crippen LogP contribution in [0.3, 0.4) is 0 Å². The van der Waals surface area contributed by atoms with E-state index < -0.39 is 0 Å². The molecule has 1 nitrogen and oxygen atoms in total. The summed E-state index contributed by atoms with van der Waals surface area (Å²) in [6.07, 6.45) is 8.17. The standard InChI is InChI=1S/C12H22O/c1-7-9-11(3,4)10-12(5,8-2)13-6/h1H,8-10H2,2-6H3. The molecule has 13 heavy (non-hydrogen) atoms. The van der Waals surface area contributed by atoms with Crippen LogP contribution in [-0.2, 0) is 4.74 Å². The van der Waals surface area contributed by atoms with Crippen LogP contribution in [0.1, 0.15) is 47.0 Å². The van der Waals surface area contributed by atoms with E-state index in [2.05, 4.69) is 33.6 Å². The maximum atomic E-state index is 5.50. The van der Waals surface area contributed by atoms with Crippen molar-refractivity contribution in [2.24, 2.45) is 5.41 Å². The van der Waals surface area contributed by atoms with E-state index in [0.29, 0.717) is 0 Å². The lowest BCUT2D eigenvalue weighted by atomic mass is 9.78. The van der Waals surface area contributed by atoms with Crippen molar-refractivity contribution >= 4 is 0 Å². The average Bonchev–Trinajstić information content (AvgIpc) is 2.03. The lowest BCUT2D eigenvalue weighted by Crippen LogP contribution is -2.32. The summed E-state index contributed by atoms with van der Waals surface area (Å²) in [4.78, 5) is 0. The molecule has 0 aliphatic heterocycles. The van der Waals surface area contributed by atoms with Crippen LogP contribution < -0.4 is 0 Å². The molecular weight excluding hydrogens is 160 g/mol. The maximum Gasteiger partial charge on any atom is 0.0653 e. The molecule has 0 aliphatic rings. The Balaban J connectivity index is 4.32. The van der Waals surface area contributed by atoms with Crippen LogP contribution in [0.2, 0.25) is 0 Å². The highest BCUT2D eigenvalue weighted by atomic mass is 16.5. The van der Waals surface area contributed by atoms with Crippen molar-refractivity contribution in [3.63, 3.8) is 0 Å². The van der Waals surface area contributed by atoms with Gasteiger partial charge in [-0.25, -0.2) is 0 Å². The quantitative estimate of drug-likeness (QED) is 0.593. The van der Waals surface area contributed by atoms with E-state index in [-0.39, 0.29) is 11.0 Å². The second-order valence-corrected chi connectivity index (χ2v) is 4.73. The highest BCUT2D eigenvalue weighted by Gasteiger charge is 2.30. The van der Waals surface area contributed by atoms with E-state index in [1.54, 1.807) is 7.11 Å². The fourth-order valence-corrected chi connectivity index (χ4v) is 1.69. The zero-order valence-electron chi connectivity index (χ0n) is 9.61. The predicted molar refractivity (Wildman–Crippen MR) is 57.6 cm³/mol. The zero-order valence-corrected chi connectivity index (χ0v) is 9.61. The number of methoxy groups -OCH3 is 1. The van der Waals surface area contributed by atoms with Crippen LogP contribution in [0.25, 0.3) is 0 Å². The highest BCUT2D eigenvalue weighted by Crippen LogP contribution is 2.34. The molecule has 0 fully saturated rings. The Labute approximate surface area is 82.9 Å². The molecule has 1 unspecified atom stereocenters. The molecule has 0 saturated heterocycles. The lowest BCUT2D eigenvalue weighted by molar-refractivity contribution is -0.0300. The minimum Gasteiger partial charge on any atom is -0.379 e. The van der Waals surface area contributed by atoms with Crippen molar-refractivity contribution in [2.75, 3.05) is 7.11 Å². The van der Waals surface area contributed by atoms with Gasteiger partial charge >= 0.3 is 0 Å². The van der Waals surface area contributed by atoms with E-state index in [0.717, 1.165) is 19.3 Å². The van der Waals surface area contributed by atoms with Crippen molar-refractivity contribution in [1.82, 2.24) is 0 Å². The SMILES string of the molecule is C#CCC(C)(C)CC(C)(CC)OC. The summed E-state index contributed by atoms with van der Waals surface area (Å²) in [5.41, 5.74) is 0.149. The molecule has 0 aliphatic carbocycles. The first kappa shape index (κ1) is 12.5. The number of terminal acetylenes is 1. The molecule has 0 aromatic rings. The van der Waals surface area contributed by atoms with Crippen molar-refractivity contribution in [2.45, 2.75) is 52.6 Å². The Bertz CT molecular complexity index is 182. The van der Waals surface area contributed by atoms with Crippen LogP contribution >= 0.6 is 0 Å². The fourth-order valence-electron chi connectivity index (χ4n) is 1.69. The van der Waals surface area contributed by atoms with Crippen molar-refractivity contribution in [3.05, 3.63) is 0 Å². The summed E-state index contributed by atoms with van der Waals surface area (Å²) in [6, 6.07) is 0. The van der Waals surface area contributed by atoms with Crippen molar-refractivity contribution in [1.29, 1.82) is 0 Å². The van der Waals surface area contributed by atoms with Gasteiger partial charge in [-0.3, -0.25) is 0 Å². The number of hydrogen-bond acceptors (Lipinski definition) is 1. The van der Waals surface area contributed by atoms with Gasteiger partial charge in [0.1, 0.15) is 0 Å². The third-order valence-electron chi connectivity index (χ3n) is 2.67. The van der Waals surface area contributed by atoms with E-state index in [4.69, 9.17) is 11.2 Å². The Kier molecular flexibility index (Phi) is 4.50. The van der Waals surface area contributed by atoms with Gasteiger partial charge in [0.15, 0.2) is 0 Å². The summed E-state index contributed by atoms with van der Waals surface area (Å²) >= 11 is 0. The topological polar surface area (TPSA) is 9.23 Å². The molecule has 1 heteroatoms. The largest absolute Gasteiger partial charge is 0.379 e. The molecule has 1 atom stereocenters. The third-order valence-corrected chi connectivity index (χ3v) is 2.67. The van der Waals surface area contributed by atoms with Gasteiger partial charge in [0.2, 0.25) is 0 Å². The molecule has 0 N–H and O–H groups in total. The number of rotatable bonds is 5. The minimum atomic E-state index is -0.0274. The second kappa shape index (κ2) is 4.67. The summed E-state index contributed by atoms with van der Waals surface area (Å²) in [7, 11) is 1.77. The number of hydrogen-bond donors (Lipinski definition) is 0. The van der Waals surface area contributed by atoms with Crippen LogP contribution in [0.4, 0.5) is 0 Å². The molecule has 0 radical (unpaired) electrons. The van der Waals surface area contributed by atoms with Gasteiger partial charge in [0.05, 0.1) is 5.60 Å². The zero-order chi connectivity index (χ0) is 10.5. The second-order valence-electron chi connectivity index (χ2n) is 4.73. The normalized spacial score (nSPS) is 16.3. The van der Waals surface area contributed by atoms with Gasteiger partial charge in [-0.2, -0.15) is 0 Å². The van der Waals surface area contributed by atoms with Crippen LogP contribution in [0, 0.1) is 17.8 Å². The average molecular weight is 182 g/mol. The Morgan fingerprint density at radius 3 is 2.15 bits per heavy atom. The van der Waals surface area contributed by atoms with E-state index >= 15 is 0 Å². The molecular formula is C12H22O. The summed E-state index contributed by atoms with van der Waals surface area (Å²) in [5, 5.41) is 0. The molecule has 0 aromatic heterocycles. The van der Waals surface area contributed by atoms with Gasteiger partial charge in [-0.15, -0.1) is 12.3 Å². The first-order chi connectivity index (χ1) is 5.89. The van der Waals surface area contributed by atoms with Gasteiger partial charge in [0, 0.05) is 13.5 Å². The van der Waals surface area contributed by atoms with Crippen molar-refractivity contribution in [3.8, 4) is 12.3 Å². The molecule has 0 heterocycles. The van der Waals surface area contributed by atoms with Crippen LogP contribution in [0.15, 0.2) is 0 Å². The molecule has 0 rings (SSSR count). The number of ether oxygens (including phenoxy) is 1. The van der Waals surface area contributed by atoms with Gasteiger partial charge in [0.25, 0.3) is 0 Å². The summed E-state index contributed by atoms with van der Waals surface area (Å²) < 4.78 is 5.50. The molecule has 0 aromatic carbocycles. The molecule has 0 saturated carbocycles. The maximum absolute atomic E-state index is 5.50. The van der Waals surface area contributed by atoms with E-state index in [1.165, 1.54) is 0 Å². The van der Waals surface area contributed by atoms with Crippen LogP contribution in [-0.4, -0.2) is 12.7 Å². The van der Waals surface area contributed by atoms with Crippen molar-refractivity contribution < 1.29 is 4.74 Å². The first-order valence-corrected chi connectivity index (χ1v) is 4.88. The Morgan fingerprint density at radius 1 is 1.31 bits per heavy atom. The molecule has 0 amide bonds. The lowest BCUT2D eigenvalue weighted by Gasteiger charge is -2.35. The highest BCUT2D eigenvalue weighted by molar-refractivity contribution is 4.93. The van der Waals surface area contributed by atoms with Crippen LogP contribution in [0.5, 0.6) is 0 Å².